The normalized spacial score (nSPS) is 19.8. The summed E-state index contributed by atoms with van der Waals surface area (Å²) in [5, 5.41) is 10.4. The van der Waals surface area contributed by atoms with E-state index in [4.69, 9.17) is 4.74 Å². The van der Waals surface area contributed by atoms with Crippen LogP contribution in [0.5, 0.6) is 11.5 Å². The van der Waals surface area contributed by atoms with Crippen molar-refractivity contribution in [3.8, 4) is 11.5 Å². The molecule has 0 saturated heterocycles. The molecule has 0 amide bonds. The monoisotopic (exact) mass is 466 g/mol. The maximum Gasteiger partial charge on any atom is 0.127 e. The molecular formula is C29H51ClO2. The molecule has 2 nitrogen and oxygen atoms in total. The molecule has 1 aliphatic heterocycles. The van der Waals surface area contributed by atoms with E-state index in [1.807, 2.05) is 13.8 Å². The van der Waals surface area contributed by atoms with Gasteiger partial charge in [0.25, 0.3) is 0 Å². The first-order chi connectivity index (χ1) is 14.5. The van der Waals surface area contributed by atoms with E-state index in [0.29, 0.717) is 5.75 Å². The van der Waals surface area contributed by atoms with Gasteiger partial charge in [0, 0.05) is 5.56 Å². The molecule has 0 saturated carbocycles. The predicted octanol–water partition coefficient (Wildman–Crippen LogP) is 9.26. The Labute approximate surface area is 205 Å². The number of aromatic hydroxyl groups is 1. The van der Waals surface area contributed by atoms with Crippen LogP contribution in [0.4, 0.5) is 0 Å². The first-order valence-corrected chi connectivity index (χ1v) is 13.0. The Morgan fingerprint density at radius 1 is 0.812 bits per heavy atom. The van der Waals surface area contributed by atoms with Gasteiger partial charge in [0.15, 0.2) is 0 Å². The van der Waals surface area contributed by atoms with Crippen molar-refractivity contribution in [1.29, 1.82) is 0 Å². The van der Waals surface area contributed by atoms with Crippen LogP contribution in [-0.2, 0) is 6.42 Å². The van der Waals surface area contributed by atoms with Crippen LogP contribution in [0.1, 0.15) is 121 Å². The lowest BCUT2D eigenvalue weighted by Crippen LogP contribution is -2.37. The van der Waals surface area contributed by atoms with Crippen LogP contribution in [0.3, 0.4) is 0 Å². The molecule has 3 unspecified atom stereocenters. The number of ether oxygens (including phenoxy) is 1. The lowest BCUT2D eigenvalue weighted by molar-refractivity contribution is 0.0512. The lowest BCUT2D eigenvalue weighted by atomic mass is 9.84. The van der Waals surface area contributed by atoms with Crippen molar-refractivity contribution in [3.63, 3.8) is 0 Å². The number of hydrogen-bond acceptors (Lipinski definition) is 2. The van der Waals surface area contributed by atoms with Crippen molar-refractivity contribution in [2.24, 2.45) is 17.8 Å². The predicted molar refractivity (Wildman–Crippen MR) is 142 cm³/mol. The highest BCUT2D eigenvalue weighted by Crippen LogP contribution is 2.44. The van der Waals surface area contributed by atoms with Crippen molar-refractivity contribution >= 4 is 12.4 Å². The van der Waals surface area contributed by atoms with E-state index >= 15 is 0 Å². The highest BCUT2D eigenvalue weighted by atomic mass is 35.5. The fourth-order valence-corrected chi connectivity index (χ4v) is 5.27. The summed E-state index contributed by atoms with van der Waals surface area (Å²) in [5.41, 5.74) is 4.23. The average molecular weight is 467 g/mol. The minimum absolute atomic E-state index is 0. The van der Waals surface area contributed by atoms with Gasteiger partial charge < -0.3 is 9.84 Å². The number of fused-ring (bicyclic) bond motifs is 1. The van der Waals surface area contributed by atoms with E-state index in [0.717, 1.165) is 59.5 Å². The second kappa shape index (κ2) is 13.1. The average Bonchev–Trinajstić information content (AvgIpc) is 2.70. The number of phenolic OH excluding ortho intramolecular Hbond substituents is 1. The van der Waals surface area contributed by atoms with Gasteiger partial charge in [0.1, 0.15) is 17.1 Å². The largest absolute Gasteiger partial charge is 0.507 e. The van der Waals surface area contributed by atoms with E-state index < -0.39 is 0 Å². The quantitative estimate of drug-likeness (QED) is 0.332. The fourth-order valence-electron chi connectivity index (χ4n) is 5.27. The van der Waals surface area contributed by atoms with Crippen LogP contribution < -0.4 is 4.74 Å². The molecule has 1 aromatic carbocycles. The molecular weight excluding hydrogens is 416 g/mol. The number of benzene rings is 1. The van der Waals surface area contributed by atoms with Gasteiger partial charge in [-0.2, -0.15) is 0 Å². The highest BCUT2D eigenvalue weighted by Gasteiger charge is 2.34. The van der Waals surface area contributed by atoms with E-state index in [2.05, 4.69) is 41.5 Å². The third kappa shape index (κ3) is 8.15. The summed E-state index contributed by atoms with van der Waals surface area (Å²) in [5.74, 6) is 4.04. The van der Waals surface area contributed by atoms with E-state index in [1.165, 1.54) is 56.9 Å². The van der Waals surface area contributed by atoms with Crippen LogP contribution >= 0.6 is 12.4 Å². The third-order valence-electron chi connectivity index (χ3n) is 7.87. The maximum absolute atomic E-state index is 10.4. The summed E-state index contributed by atoms with van der Waals surface area (Å²) < 4.78 is 6.60. The maximum atomic E-state index is 10.4. The molecule has 1 N–H and O–H groups in total. The van der Waals surface area contributed by atoms with E-state index in [9.17, 15) is 5.11 Å². The van der Waals surface area contributed by atoms with Crippen molar-refractivity contribution < 1.29 is 9.84 Å². The Morgan fingerprint density at radius 3 is 1.91 bits per heavy atom. The van der Waals surface area contributed by atoms with E-state index in [-0.39, 0.29) is 18.0 Å². The molecule has 0 aromatic heterocycles. The van der Waals surface area contributed by atoms with Gasteiger partial charge >= 0.3 is 0 Å². The summed E-state index contributed by atoms with van der Waals surface area (Å²) in [4.78, 5) is 0. The number of hydrogen-bond donors (Lipinski definition) is 1. The molecule has 3 atom stereocenters. The second-order valence-electron chi connectivity index (χ2n) is 11.4. The number of halogens is 1. The summed E-state index contributed by atoms with van der Waals surface area (Å²) in [6.07, 6.45) is 14.1. The van der Waals surface area contributed by atoms with Crippen molar-refractivity contribution in [1.82, 2.24) is 0 Å². The van der Waals surface area contributed by atoms with Crippen LogP contribution in [0, 0.1) is 38.5 Å². The zero-order chi connectivity index (χ0) is 23.2. The first kappa shape index (κ1) is 29.1. The van der Waals surface area contributed by atoms with Crippen molar-refractivity contribution in [3.05, 3.63) is 22.3 Å². The molecule has 0 fully saturated rings. The molecule has 2 rings (SSSR count). The summed E-state index contributed by atoms with van der Waals surface area (Å²) in [6.45, 7) is 17.9. The summed E-state index contributed by atoms with van der Waals surface area (Å²) in [7, 11) is 0. The molecule has 0 radical (unpaired) electrons. The Balaban J connectivity index is 0.00000512. The van der Waals surface area contributed by atoms with Crippen LogP contribution in [0.25, 0.3) is 0 Å². The molecule has 32 heavy (non-hydrogen) atoms. The molecule has 1 heterocycles. The summed E-state index contributed by atoms with van der Waals surface area (Å²) in [6, 6.07) is 0. The van der Waals surface area contributed by atoms with Gasteiger partial charge in [0.2, 0.25) is 0 Å². The third-order valence-corrected chi connectivity index (χ3v) is 7.87. The molecule has 0 bridgehead atoms. The fraction of sp³-hybridized carbons (Fsp3) is 0.793. The molecule has 0 aliphatic carbocycles. The van der Waals surface area contributed by atoms with E-state index in [1.54, 1.807) is 0 Å². The second-order valence-corrected chi connectivity index (χ2v) is 11.4. The van der Waals surface area contributed by atoms with Gasteiger partial charge in [-0.3, -0.25) is 0 Å². The highest BCUT2D eigenvalue weighted by molar-refractivity contribution is 5.85. The molecule has 1 aromatic rings. The first-order valence-electron chi connectivity index (χ1n) is 13.0. The van der Waals surface area contributed by atoms with Gasteiger partial charge in [-0.25, -0.2) is 0 Å². The van der Waals surface area contributed by atoms with Crippen LogP contribution in [0.15, 0.2) is 0 Å². The number of rotatable bonds is 12. The smallest absolute Gasteiger partial charge is 0.127 e. The van der Waals surface area contributed by atoms with Crippen molar-refractivity contribution in [2.75, 3.05) is 0 Å². The molecule has 0 spiro atoms. The van der Waals surface area contributed by atoms with Gasteiger partial charge in [-0.1, -0.05) is 72.6 Å². The van der Waals surface area contributed by atoms with Gasteiger partial charge in [-0.15, -0.1) is 12.4 Å². The standard InChI is InChI=1S/C29H50O2.ClH/c1-20(2)12-9-13-21(3)14-10-15-22(4)16-11-18-29(8)19-17-26-25(7)27(30)23(5)24(6)28(26)31-29;/h20-22,30H,9-19H2,1-8H3;1H. The van der Waals surface area contributed by atoms with Crippen LogP contribution in [0.2, 0.25) is 0 Å². The molecule has 3 heteroatoms. The lowest BCUT2D eigenvalue weighted by Gasteiger charge is -2.38. The molecule has 186 valence electrons. The Kier molecular flexibility index (Phi) is 11.9. The number of phenols is 1. The topological polar surface area (TPSA) is 29.5 Å². The zero-order valence-electron chi connectivity index (χ0n) is 22.3. The minimum Gasteiger partial charge on any atom is -0.507 e. The SMILES string of the molecule is Cc1c(C)c2c(c(C)c1O)CCC(C)(CCCC(C)CCCC(C)CCCC(C)C)O2.Cl. The Hall–Kier alpha value is -0.890. The summed E-state index contributed by atoms with van der Waals surface area (Å²) >= 11 is 0. The Morgan fingerprint density at radius 2 is 1.34 bits per heavy atom. The molecule has 1 aliphatic rings. The zero-order valence-corrected chi connectivity index (χ0v) is 23.1. The minimum atomic E-state index is -0.0712. The Bertz CT molecular complexity index is 712. The van der Waals surface area contributed by atoms with Crippen LogP contribution in [-0.4, -0.2) is 10.7 Å². The van der Waals surface area contributed by atoms with Crippen molar-refractivity contribution in [2.45, 2.75) is 132 Å². The van der Waals surface area contributed by atoms with Gasteiger partial charge in [-0.05, 0) is 87.8 Å². The van der Waals surface area contributed by atoms with Gasteiger partial charge in [0.05, 0.1) is 0 Å².